The highest BCUT2D eigenvalue weighted by Gasteiger charge is 2.30. The quantitative estimate of drug-likeness (QED) is 0.0832. The molecule has 1 aromatic heterocycles. The average molecular weight is 685 g/mol. The maximum Gasteiger partial charge on any atom is 0.369 e. The van der Waals surface area contributed by atoms with E-state index in [1.165, 1.54) is 62.2 Å². The Labute approximate surface area is 282 Å². The number of hydrogen-bond donors (Lipinski definition) is 8. The van der Waals surface area contributed by atoms with Crippen molar-refractivity contribution in [2.45, 2.75) is 51.0 Å². The molecule has 0 unspecified atom stereocenters. The van der Waals surface area contributed by atoms with Gasteiger partial charge in [0, 0.05) is 25.1 Å². The van der Waals surface area contributed by atoms with Gasteiger partial charge in [0.1, 0.15) is 21.4 Å². The molecule has 1 saturated carbocycles. The zero-order valence-corrected chi connectivity index (χ0v) is 27.7. The van der Waals surface area contributed by atoms with Crippen LogP contribution < -0.4 is 32.2 Å². The van der Waals surface area contributed by atoms with Crippen LogP contribution in [0, 0.1) is 11.8 Å². The molecule has 15 nitrogen and oxygen atoms in total. The van der Waals surface area contributed by atoms with Crippen LogP contribution in [0.4, 0.5) is 5.69 Å². The fourth-order valence-corrected chi connectivity index (χ4v) is 6.83. The number of nitrogens with zero attached hydrogens (tertiary/aromatic N) is 3. The molecule has 2 saturated heterocycles. The van der Waals surface area contributed by atoms with E-state index in [4.69, 9.17) is 16.2 Å². The molecule has 0 atom stereocenters. The standard InChI is InChI=1S/C32H44N8O7S/c1-47-27-21(30-35-18-24(48-30)31(43)40-15-10-19(11-16-40)9-14-39-12-2-3-13-39)5-4-6-22(27)36-23(26(34)29(42)38-32(44,45)46)17-25(33)37-28(41)20-7-8-20/h4-6,17-20,36,44-46H,2-3,7-16,33-34H2,1H3,(H,37,41)(H,38,42)/b25-17+,26-23+. The van der Waals surface area contributed by atoms with E-state index in [0.717, 1.165) is 32.2 Å². The Morgan fingerprint density at radius 1 is 1.08 bits per heavy atom. The number of thiazole rings is 1. The van der Waals surface area contributed by atoms with E-state index in [1.54, 1.807) is 24.4 Å². The lowest BCUT2D eigenvalue weighted by molar-refractivity contribution is -0.325. The average Bonchev–Trinajstić information content (AvgIpc) is 3.55. The summed E-state index contributed by atoms with van der Waals surface area (Å²) in [6.45, 7) is 4.96. The second-order valence-corrected chi connectivity index (χ2v) is 13.4. The topological polar surface area (TPSA) is 229 Å². The number of rotatable bonds is 13. The van der Waals surface area contributed by atoms with E-state index in [2.05, 4.69) is 20.5 Å². The molecule has 260 valence electrons. The smallest absolute Gasteiger partial charge is 0.369 e. The van der Waals surface area contributed by atoms with Gasteiger partial charge in [-0.3, -0.25) is 19.7 Å². The molecule has 0 spiro atoms. The Balaban J connectivity index is 1.31. The first-order valence-corrected chi connectivity index (χ1v) is 16.9. The van der Waals surface area contributed by atoms with E-state index in [1.807, 2.05) is 4.90 Å². The van der Waals surface area contributed by atoms with Crippen molar-refractivity contribution in [2.75, 3.05) is 45.2 Å². The van der Waals surface area contributed by atoms with Gasteiger partial charge in [-0.1, -0.05) is 6.07 Å². The van der Waals surface area contributed by atoms with E-state index in [-0.39, 0.29) is 29.3 Å². The summed E-state index contributed by atoms with van der Waals surface area (Å²) < 4.78 is 5.72. The predicted octanol–water partition coefficient (Wildman–Crippen LogP) is 0.770. The van der Waals surface area contributed by atoms with Gasteiger partial charge >= 0.3 is 6.10 Å². The molecule has 10 N–H and O–H groups in total. The summed E-state index contributed by atoms with van der Waals surface area (Å²) in [5.74, 6) is -0.968. The number of benzene rings is 1. The normalized spacial score (nSPS) is 18.3. The Bertz CT molecular complexity index is 1550. The van der Waals surface area contributed by atoms with Crippen LogP contribution in [0.25, 0.3) is 10.6 Å². The van der Waals surface area contributed by atoms with E-state index >= 15 is 0 Å². The molecule has 1 aliphatic carbocycles. The molecule has 0 bridgehead atoms. The Morgan fingerprint density at radius 2 is 1.79 bits per heavy atom. The monoisotopic (exact) mass is 684 g/mol. The number of carbonyl (C=O) groups excluding carboxylic acids is 3. The number of methoxy groups -OCH3 is 1. The molecule has 3 fully saturated rings. The summed E-state index contributed by atoms with van der Waals surface area (Å²) in [4.78, 5) is 47.7. The van der Waals surface area contributed by atoms with E-state index in [9.17, 15) is 29.7 Å². The number of hydrogen-bond acceptors (Lipinski definition) is 13. The van der Waals surface area contributed by atoms with Crippen LogP contribution in [0.2, 0.25) is 0 Å². The van der Waals surface area contributed by atoms with Gasteiger partial charge in [-0.15, -0.1) is 11.3 Å². The number of nitrogens with one attached hydrogen (secondary N) is 3. The SMILES string of the molecule is COc1c(NC(/C=C(\N)NC(=O)C2CC2)=C(/N)C(=O)NC(O)(O)O)cccc1-c1ncc(C(=O)N2CCC(CCN3CCCC3)CC2)s1. The van der Waals surface area contributed by atoms with Gasteiger partial charge in [0.25, 0.3) is 11.8 Å². The number of likely N-dealkylation sites (tertiary alicyclic amines) is 2. The Hall–Kier alpha value is -4.22. The largest absolute Gasteiger partial charge is 0.494 e. The minimum absolute atomic E-state index is 0.0597. The lowest BCUT2D eigenvalue weighted by Crippen LogP contribution is -2.50. The van der Waals surface area contributed by atoms with Gasteiger partial charge in [0.2, 0.25) is 5.91 Å². The van der Waals surface area contributed by atoms with E-state index < -0.39 is 17.7 Å². The summed E-state index contributed by atoms with van der Waals surface area (Å²) in [5.41, 5.74) is 12.2. The Morgan fingerprint density at radius 3 is 2.44 bits per heavy atom. The third-order valence-corrected chi connectivity index (χ3v) is 9.74. The summed E-state index contributed by atoms with van der Waals surface area (Å²) in [6, 6.07) is 5.09. The van der Waals surface area contributed by atoms with Crippen LogP contribution in [0.15, 0.2) is 47.7 Å². The fourth-order valence-electron chi connectivity index (χ4n) is 5.92. The molecule has 2 aliphatic heterocycles. The number of aliphatic hydroxyl groups is 3. The highest BCUT2D eigenvalue weighted by Crippen LogP contribution is 2.39. The second kappa shape index (κ2) is 15.3. The zero-order valence-electron chi connectivity index (χ0n) is 26.9. The number of anilines is 1. The zero-order chi connectivity index (χ0) is 34.4. The van der Waals surface area contributed by atoms with Crippen molar-refractivity contribution in [3.05, 3.63) is 52.6 Å². The van der Waals surface area contributed by atoms with Crippen LogP contribution in [0.5, 0.6) is 5.75 Å². The molecule has 1 aromatic carbocycles. The van der Waals surface area contributed by atoms with Gasteiger partial charge in [-0.25, -0.2) is 4.98 Å². The first-order valence-electron chi connectivity index (χ1n) is 16.1. The van der Waals surface area contributed by atoms with Crippen LogP contribution >= 0.6 is 11.3 Å². The first kappa shape index (κ1) is 35.1. The molecule has 5 rings (SSSR count). The van der Waals surface area contributed by atoms with Gasteiger partial charge in [0.15, 0.2) is 5.75 Å². The molecular formula is C32H44N8O7S. The summed E-state index contributed by atoms with van der Waals surface area (Å²) in [7, 11) is 1.44. The van der Waals surface area contributed by atoms with Crippen LogP contribution in [-0.4, -0.2) is 93.8 Å². The minimum Gasteiger partial charge on any atom is -0.494 e. The van der Waals surface area contributed by atoms with Crippen molar-refractivity contribution in [2.24, 2.45) is 23.3 Å². The first-order chi connectivity index (χ1) is 22.9. The number of ether oxygens (including phenoxy) is 1. The second-order valence-electron chi connectivity index (χ2n) is 12.4. The maximum absolute atomic E-state index is 13.4. The fraction of sp³-hybridized carbons (Fsp3) is 0.500. The highest BCUT2D eigenvalue weighted by atomic mass is 32.1. The van der Waals surface area contributed by atoms with Gasteiger partial charge in [0.05, 0.1) is 30.3 Å². The predicted molar refractivity (Wildman–Crippen MR) is 179 cm³/mol. The molecule has 2 aromatic rings. The maximum atomic E-state index is 13.4. The van der Waals surface area contributed by atoms with Crippen molar-refractivity contribution in [1.82, 2.24) is 25.4 Å². The van der Waals surface area contributed by atoms with E-state index in [0.29, 0.717) is 45.9 Å². The van der Waals surface area contributed by atoms with Gasteiger partial charge < -0.3 is 52.0 Å². The van der Waals surface area contributed by atoms with Crippen molar-refractivity contribution in [3.8, 4) is 16.3 Å². The van der Waals surface area contributed by atoms with Crippen LogP contribution in [0.3, 0.4) is 0 Å². The molecule has 3 aliphatic rings. The number of aromatic nitrogens is 1. The lowest BCUT2D eigenvalue weighted by Gasteiger charge is -2.32. The number of amides is 3. The third-order valence-electron chi connectivity index (χ3n) is 8.72. The van der Waals surface area contributed by atoms with Crippen LogP contribution in [0.1, 0.15) is 54.6 Å². The van der Waals surface area contributed by atoms with Crippen molar-refractivity contribution in [1.29, 1.82) is 0 Å². The molecule has 16 heteroatoms. The molecular weight excluding hydrogens is 640 g/mol. The molecule has 3 amide bonds. The van der Waals surface area contributed by atoms with Gasteiger partial charge in [-0.05, 0) is 82.6 Å². The number of piperidine rings is 1. The lowest BCUT2D eigenvalue weighted by atomic mass is 9.93. The molecule has 48 heavy (non-hydrogen) atoms. The molecule has 3 heterocycles. The number of carbonyl (C=O) groups is 3. The number of allylic oxidation sites excluding steroid dienone is 1. The van der Waals surface area contributed by atoms with Crippen molar-refractivity contribution < 1.29 is 34.4 Å². The minimum atomic E-state index is -3.54. The number of nitrogens with two attached hydrogens (primary N) is 2. The summed E-state index contributed by atoms with van der Waals surface area (Å²) in [5, 5.41) is 35.3. The van der Waals surface area contributed by atoms with Crippen LogP contribution in [-0.2, 0) is 9.59 Å². The summed E-state index contributed by atoms with van der Waals surface area (Å²) in [6.07, 6.45) is 6.42. The third kappa shape index (κ3) is 9.23. The highest BCUT2D eigenvalue weighted by molar-refractivity contribution is 7.17. The summed E-state index contributed by atoms with van der Waals surface area (Å²) >= 11 is 1.24. The van der Waals surface area contributed by atoms with Crippen molar-refractivity contribution >= 4 is 34.7 Å². The van der Waals surface area contributed by atoms with Crippen molar-refractivity contribution in [3.63, 3.8) is 0 Å². The molecule has 0 radical (unpaired) electrons. The Kier molecular flexibility index (Phi) is 11.2. The number of para-hydroxylation sites is 1. The van der Waals surface area contributed by atoms with Gasteiger partial charge in [-0.2, -0.15) is 0 Å².